The number of rotatable bonds is 5. The molecule has 1 aromatic rings. The summed E-state index contributed by atoms with van der Waals surface area (Å²) in [6.45, 7) is 8.20. The first-order valence-electron chi connectivity index (χ1n) is 6.43. The van der Waals surface area contributed by atoms with Crippen molar-refractivity contribution in [1.29, 1.82) is 0 Å². The molecule has 1 amide bonds. The number of hydrogen-bond acceptors (Lipinski definition) is 3. The van der Waals surface area contributed by atoms with Crippen LogP contribution in [0.5, 0.6) is 0 Å². The molecule has 0 radical (unpaired) electrons. The van der Waals surface area contributed by atoms with E-state index in [-0.39, 0.29) is 5.91 Å². The molecule has 102 valence electrons. The van der Waals surface area contributed by atoms with E-state index in [1.54, 1.807) is 4.68 Å². The smallest absolute Gasteiger partial charge is 0.231 e. The lowest BCUT2D eigenvalue weighted by Crippen LogP contribution is -2.41. The summed E-state index contributed by atoms with van der Waals surface area (Å²) in [5.74, 6) is -0.00537. The molecule has 0 fully saturated rings. The van der Waals surface area contributed by atoms with Gasteiger partial charge in [0, 0.05) is 13.6 Å². The Hall–Kier alpha value is -1.36. The summed E-state index contributed by atoms with van der Waals surface area (Å²) in [6.07, 6.45) is 1.48. The monoisotopic (exact) mass is 252 g/mol. The summed E-state index contributed by atoms with van der Waals surface area (Å²) in [7, 11) is 1.87. The van der Waals surface area contributed by atoms with Crippen LogP contribution in [-0.2, 0) is 11.8 Å². The van der Waals surface area contributed by atoms with Crippen LogP contribution in [-0.4, -0.2) is 22.2 Å². The van der Waals surface area contributed by atoms with Gasteiger partial charge in [-0.15, -0.1) is 0 Å². The lowest BCUT2D eigenvalue weighted by Gasteiger charge is -2.28. The van der Waals surface area contributed by atoms with E-state index in [4.69, 9.17) is 5.73 Å². The third-order valence-corrected chi connectivity index (χ3v) is 3.97. The highest BCUT2D eigenvalue weighted by Gasteiger charge is 2.34. The minimum atomic E-state index is -0.477. The number of hydrogen-bond donors (Lipinski definition) is 2. The zero-order valence-electron chi connectivity index (χ0n) is 12.0. The molecule has 1 aromatic heterocycles. The van der Waals surface area contributed by atoms with Gasteiger partial charge in [-0.25, -0.2) is 0 Å². The minimum absolute atomic E-state index is 0.00537. The summed E-state index contributed by atoms with van der Waals surface area (Å²) in [6, 6.07) is 0. The van der Waals surface area contributed by atoms with E-state index in [0.717, 1.165) is 29.9 Å². The van der Waals surface area contributed by atoms with Gasteiger partial charge in [0.1, 0.15) is 0 Å². The molecule has 1 rings (SSSR count). The van der Waals surface area contributed by atoms with Crippen LogP contribution in [0.25, 0.3) is 0 Å². The number of nitrogens with two attached hydrogens (primary N) is 1. The first kappa shape index (κ1) is 14.7. The SMILES string of the molecule is CCC(CC)(CN)C(=O)Nc1c(C)nn(C)c1C. The largest absolute Gasteiger partial charge is 0.329 e. The third-order valence-electron chi connectivity index (χ3n) is 3.97. The lowest BCUT2D eigenvalue weighted by atomic mass is 9.81. The van der Waals surface area contributed by atoms with Crippen molar-refractivity contribution in [2.45, 2.75) is 40.5 Å². The molecule has 0 aliphatic heterocycles. The number of nitrogens with one attached hydrogen (secondary N) is 1. The van der Waals surface area contributed by atoms with Crippen LogP contribution in [0.15, 0.2) is 0 Å². The fraction of sp³-hybridized carbons (Fsp3) is 0.692. The van der Waals surface area contributed by atoms with Crippen molar-refractivity contribution < 1.29 is 4.79 Å². The quantitative estimate of drug-likeness (QED) is 0.838. The second-order valence-corrected chi connectivity index (χ2v) is 4.82. The molecule has 18 heavy (non-hydrogen) atoms. The van der Waals surface area contributed by atoms with Gasteiger partial charge in [0.05, 0.1) is 22.5 Å². The van der Waals surface area contributed by atoms with E-state index in [1.165, 1.54) is 0 Å². The van der Waals surface area contributed by atoms with E-state index in [1.807, 2.05) is 34.7 Å². The van der Waals surface area contributed by atoms with Crippen LogP contribution >= 0.6 is 0 Å². The predicted molar refractivity (Wildman–Crippen MR) is 73.4 cm³/mol. The van der Waals surface area contributed by atoms with Crippen molar-refractivity contribution in [2.24, 2.45) is 18.2 Å². The second kappa shape index (κ2) is 5.52. The Kier molecular flexibility index (Phi) is 4.51. The van der Waals surface area contributed by atoms with Crippen molar-refractivity contribution in [2.75, 3.05) is 11.9 Å². The fourth-order valence-corrected chi connectivity index (χ4v) is 2.15. The third kappa shape index (κ3) is 2.41. The van der Waals surface area contributed by atoms with Gasteiger partial charge in [-0.05, 0) is 26.7 Å². The maximum Gasteiger partial charge on any atom is 0.231 e. The van der Waals surface area contributed by atoms with Crippen LogP contribution in [0.4, 0.5) is 5.69 Å². The van der Waals surface area contributed by atoms with Crippen LogP contribution in [0.2, 0.25) is 0 Å². The first-order chi connectivity index (χ1) is 8.41. The predicted octanol–water partition coefficient (Wildman–Crippen LogP) is 1.74. The normalized spacial score (nSPS) is 11.7. The Morgan fingerprint density at radius 2 is 1.94 bits per heavy atom. The Morgan fingerprint density at radius 3 is 2.28 bits per heavy atom. The van der Waals surface area contributed by atoms with Gasteiger partial charge in [-0.1, -0.05) is 13.8 Å². The Balaban J connectivity index is 3.00. The average molecular weight is 252 g/mol. The summed E-state index contributed by atoms with van der Waals surface area (Å²) in [5.41, 5.74) is 7.91. The van der Waals surface area contributed by atoms with Gasteiger partial charge in [-0.2, -0.15) is 5.10 Å². The number of aromatic nitrogens is 2. The van der Waals surface area contributed by atoms with E-state index in [9.17, 15) is 4.79 Å². The van der Waals surface area contributed by atoms with Crippen molar-refractivity contribution >= 4 is 11.6 Å². The minimum Gasteiger partial charge on any atom is -0.329 e. The van der Waals surface area contributed by atoms with Gasteiger partial charge in [0.15, 0.2) is 0 Å². The molecule has 5 nitrogen and oxygen atoms in total. The van der Waals surface area contributed by atoms with Gasteiger partial charge in [0.25, 0.3) is 0 Å². The highest BCUT2D eigenvalue weighted by Crippen LogP contribution is 2.28. The molecule has 0 saturated carbocycles. The number of aryl methyl sites for hydroxylation is 2. The van der Waals surface area contributed by atoms with E-state index < -0.39 is 5.41 Å². The maximum absolute atomic E-state index is 12.4. The Labute approximate surface area is 109 Å². The molecule has 0 saturated heterocycles. The number of anilines is 1. The molecule has 0 aromatic carbocycles. The number of carbonyl (C=O) groups excluding carboxylic acids is 1. The zero-order chi connectivity index (χ0) is 13.9. The topological polar surface area (TPSA) is 72.9 Å². The van der Waals surface area contributed by atoms with Crippen LogP contribution in [0.3, 0.4) is 0 Å². The highest BCUT2D eigenvalue weighted by atomic mass is 16.2. The molecular weight excluding hydrogens is 228 g/mol. The molecule has 0 bridgehead atoms. The molecule has 0 aliphatic rings. The fourth-order valence-electron chi connectivity index (χ4n) is 2.15. The standard InChI is InChI=1S/C13H24N4O/c1-6-13(7-2,8-14)12(18)15-11-9(3)16-17(5)10(11)4/h6-8,14H2,1-5H3,(H,15,18). The number of amides is 1. The Morgan fingerprint density at radius 1 is 1.39 bits per heavy atom. The maximum atomic E-state index is 12.4. The molecule has 5 heteroatoms. The number of carbonyl (C=O) groups is 1. The second-order valence-electron chi connectivity index (χ2n) is 4.82. The van der Waals surface area contributed by atoms with Crippen molar-refractivity contribution in [1.82, 2.24) is 9.78 Å². The van der Waals surface area contributed by atoms with Gasteiger partial charge >= 0.3 is 0 Å². The highest BCUT2D eigenvalue weighted by molar-refractivity contribution is 5.96. The van der Waals surface area contributed by atoms with E-state index in [0.29, 0.717) is 6.54 Å². The van der Waals surface area contributed by atoms with Crippen molar-refractivity contribution in [3.63, 3.8) is 0 Å². The zero-order valence-corrected chi connectivity index (χ0v) is 12.0. The van der Waals surface area contributed by atoms with E-state index in [2.05, 4.69) is 10.4 Å². The summed E-state index contributed by atoms with van der Waals surface area (Å²) in [5, 5.41) is 7.28. The average Bonchev–Trinajstić information content (AvgIpc) is 2.59. The number of nitrogens with zero attached hydrogens (tertiary/aromatic N) is 2. The van der Waals surface area contributed by atoms with Crippen molar-refractivity contribution in [3.05, 3.63) is 11.4 Å². The van der Waals surface area contributed by atoms with Gasteiger partial charge in [-0.3, -0.25) is 9.48 Å². The van der Waals surface area contributed by atoms with Crippen LogP contribution < -0.4 is 11.1 Å². The van der Waals surface area contributed by atoms with Gasteiger partial charge in [0.2, 0.25) is 5.91 Å². The summed E-state index contributed by atoms with van der Waals surface area (Å²) >= 11 is 0. The van der Waals surface area contributed by atoms with Crippen LogP contribution in [0.1, 0.15) is 38.1 Å². The lowest BCUT2D eigenvalue weighted by molar-refractivity contribution is -0.125. The molecule has 0 atom stereocenters. The van der Waals surface area contributed by atoms with Gasteiger partial charge < -0.3 is 11.1 Å². The molecule has 0 aliphatic carbocycles. The molecule has 0 spiro atoms. The molecule has 0 unspecified atom stereocenters. The van der Waals surface area contributed by atoms with Crippen LogP contribution in [0, 0.1) is 19.3 Å². The molecular formula is C13H24N4O. The first-order valence-corrected chi connectivity index (χ1v) is 6.43. The van der Waals surface area contributed by atoms with E-state index >= 15 is 0 Å². The van der Waals surface area contributed by atoms with Crippen molar-refractivity contribution in [3.8, 4) is 0 Å². The Bertz CT molecular complexity index is 424. The summed E-state index contributed by atoms with van der Waals surface area (Å²) < 4.78 is 1.77. The molecule has 3 N–H and O–H groups in total. The molecule has 1 heterocycles. The summed E-state index contributed by atoms with van der Waals surface area (Å²) in [4.78, 5) is 12.4.